The topological polar surface area (TPSA) is 132 Å². The predicted octanol–water partition coefficient (Wildman–Crippen LogP) is 2.65. The van der Waals surface area contributed by atoms with Gasteiger partial charge in [0.2, 0.25) is 5.91 Å². The number of hydrogen-bond donors (Lipinski definition) is 5. The largest absolute Gasteiger partial charge is 0.480 e. The van der Waals surface area contributed by atoms with Crippen LogP contribution in [-0.2, 0) is 28.9 Å². The average molecular weight is 482 g/mol. The summed E-state index contributed by atoms with van der Waals surface area (Å²) in [4.78, 5) is 40.3. The molecule has 0 saturated carbocycles. The third kappa shape index (κ3) is 9.27. The van der Waals surface area contributed by atoms with Crippen molar-refractivity contribution in [3.63, 3.8) is 0 Å². The van der Waals surface area contributed by atoms with Gasteiger partial charge in [0.15, 0.2) is 0 Å². The van der Waals surface area contributed by atoms with E-state index < -0.39 is 18.0 Å². The van der Waals surface area contributed by atoms with Crippen molar-refractivity contribution >= 4 is 23.7 Å². The van der Waals surface area contributed by atoms with E-state index in [1.165, 1.54) is 5.56 Å². The van der Waals surface area contributed by atoms with Gasteiger partial charge in [0.05, 0.1) is 0 Å². The van der Waals surface area contributed by atoms with Gasteiger partial charge in [0.25, 0.3) is 0 Å². The van der Waals surface area contributed by atoms with Crippen LogP contribution in [-0.4, -0.2) is 53.7 Å². The molecule has 0 aliphatic carbocycles. The van der Waals surface area contributed by atoms with E-state index in [4.69, 9.17) is 0 Å². The van der Waals surface area contributed by atoms with E-state index in [2.05, 4.69) is 38.4 Å². The molecule has 188 valence electrons. The minimum Gasteiger partial charge on any atom is -0.480 e. The highest BCUT2D eigenvalue weighted by Gasteiger charge is 2.19. The SMILES string of the molecule is O=C(CCCCc1ccc2c(n1)NCCC2)NCCC(NC(=O)NCCc1ccccc1)C(=O)O. The van der Waals surface area contributed by atoms with E-state index in [0.29, 0.717) is 19.4 Å². The molecule has 2 heterocycles. The number of anilines is 1. The van der Waals surface area contributed by atoms with Crippen LogP contribution in [0.25, 0.3) is 0 Å². The first kappa shape index (κ1) is 26.0. The summed E-state index contributed by atoms with van der Waals surface area (Å²) in [6, 6.07) is 12.3. The molecule has 1 aliphatic rings. The van der Waals surface area contributed by atoms with Gasteiger partial charge in [-0.1, -0.05) is 36.4 Å². The Balaban J connectivity index is 1.27. The van der Waals surface area contributed by atoms with Crippen molar-refractivity contribution in [2.24, 2.45) is 0 Å². The molecule has 1 atom stereocenters. The summed E-state index contributed by atoms with van der Waals surface area (Å²) in [5.41, 5.74) is 3.37. The lowest BCUT2D eigenvalue weighted by molar-refractivity contribution is -0.139. The smallest absolute Gasteiger partial charge is 0.326 e. The molecule has 1 aliphatic heterocycles. The molecule has 0 radical (unpaired) electrons. The number of urea groups is 1. The lowest BCUT2D eigenvalue weighted by Gasteiger charge is -2.17. The summed E-state index contributed by atoms with van der Waals surface area (Å²) in [5.74, 6) is -0.274. The van der Waals surface area contributed by atoms with Crippen LogP contribution in [0.1, 0.15) is 48.9 Å². The number of aromatic nitrogens is 1. The summed E-state index contributed by atoms with van der Waals surface area (Å²) >= 11 is 0. The van der Waals surface area contributed by atoms with Crippen molar-refractivity contribution in [2.75, 3.05) is 25.0 Å². The summed E-state index contributed by atoms with van der Waals surface area (Å²) in [6.45, 7) is 1.54. The van der Waals surface area contributed by atoms with Crippen molar-refractivity contribution in [2.45, 2.75) is 57.4 Å². The highest BCUT2D eigenvalue weighted by atomic mass is 16.4. The number of unbranched alkanes of at least 4 members (excludes halogenated alkanes) is 1. The molecule has 5 N–H and O–H groups in total. The van der Waals surface area contributed by atoms with Crippen molar-refractivity contribution in [3.05, 3.63) is 59.3 Å². The van der Waals surface area contributed by atoms with Crippen molar-refractivity contribution in [3.8, 4) is 0 Å². The van der Waals surface area contributed by atoms with Crippen LogP contribution in [0.15, 0.2) is 42.5 Å². The van der Waals surface area contributed by atoms with Gasteiger partial charge in [-0.2, -0.15) is 0 Å². The molecule has 0 spiro atoms. The van der Waals surface area contributed by atoms with Crippen LogP contribution >= 0.6 is 0 Å². The normalized spacial score (nSPS) is 13.1. The molecular weight excluding hydrogens is 446 g/mol. The van der Waals surface area contributed by atoms with Gasteiger partial charge in [-0.05, 0) is 62.1 Å². The standard InChI is InChI=1S/C26H35N5O4/c32-23(11-5-4-10-21-13-12-20-9-6-16-28-24(20)30-21)27-18-15-22(25(33)34)31-26(35)29-17-14-19-7-2-1-3-8-19/h1-3,7-8,12-13,22H,4-6,9-11,14-18H2,(H,27,32)(H,28,30)(H,33,34)(H2,29,31,35). The Morgan fingerprint density at radius 1 is 1.00 bits per heavy atom. The second kappa shape index (κ2) is 13.9. The first-order chi connectivity index (χ1) is 17.0. The van der Waals surface area contributed by atoms with Gasteiger partial charge in [-0.15, -0.1) is 0 Å². The van der Waals surface area contributed by atoms with Crippen LogP contribution in [0, 0.1) is 0 Å². The lowest BCUT2D eigenvalue weighted by atomic mass is 10.1. The number of fused-ring (bicyclic) bond motifs is 1. The summed E-state index contributed by atoms with van der Waals surface area (Å²) in [6.07, 6.45) is 5.72. The van der Waals surface area contributed by atoms with E-state index in [0.717, 1.165) is 55.7 Å². The molecule has 1 aromatic heterocycles. The van der Waals surface area contributed by atoms with Gasteiger partial charge in [-0.3, -0.25) is 4.79 Å². The predicted molar refractivity (Wildman–Crippen MR) is 134 cm³/mol. The Labute approximate surface area is 206 Å². The number of hydrogen-bond acceptors (Lipinski definition) is 5. The summed E-state index contributed by atoms with van der Waals surface area (Å²) in [5, 5.41) is 20.6. The zero-order valence-corrected chi connectivity index (χ0v) is 20.0. The molecule has 1 aromatic carbocycles. The molecule has 9 heteroatoms. The van der Waals surface area contributed by atoms with E-state index in [1.54, 1.807) is 0 Å². The molecule has 0 fully saturated rings. The first-order valence-corrected chi connectivity index (χ1v) is 12.3. The molecule has 35 heavy (non-hydrogen) atoms. The number of carboxylic acids is 1. The van der Waals surface area contributed by atoms with E-state index in [9.17, 15) is 19.5 Å². The van der Waals surface area contributed by atoms with Crippen LogP contribution in [0.5, 0.6) is 0 Å². The van der Waals surface area contributed by atoms with Crippen LogP contribution in [0.4, 0.5) is 10.6 Å². The number of aliphatic carboxylic acids is 1. The number of amides is 3. The molecule has 0 saturated heterocycles. The minimum absolute atomic E-state index is 0.110. The summed E-state index contributed by atoms with van der Waals surface area (Å²) < 4.78 is 0. The first-order valence-electron chi connectivity index (χ1n) is 12.3. The Bertz CT molecular complexity index is 983. The molecule has 0 bridgehead atoms. The van der Waals surface area contributed by atoms with E-state index >= 15 is 0 Å². The zero-order chi connectivity index (χ0) is 24.9. The Morgan fingerprint density at radius 3 is 2.63 bits per heavy atom. The number of rotatable bonds is 13. The summed E-state index contributed by atoms with van der Waals surface area (Å²) in [7, 11) is 0. The third-order valence-corrected chi connectivity index (χ3v) is 5.94. The van der Waals surface area contributed by atoms with Gasteiger partial charge >= 0.3 is 12.0 Å². The van der Waals surface area contributed by atoms with Crippen LogP contribution < -0.4 is 21.3 Å². The number of carbonyl (C=O) groups is 3. The molecule has 1 unspecified atom stereocenters. The fourth-order valence-corrected chi connectivity index (χ4v) is 3.98. The minimum atomic E-state index is -1.13. The van der Waals surface area contributed by atoms with Gasteiger partial charge in [0.1, 0.15) is 11.9 Å². The van der Waals surface area contributed by atoms with E-state index in [-0.39, 0.29) is 18.9 Å². The number of nitrogens with one attached hydrogen (secondary N) is 4. The zero-order valence-electron chi connectivity index (χ0n) is 20.0. The van der Waals surface area contributed by atoms with Gasteiger partial charge in [-0.25, -0.2) is 14.6 Å². The average Bonchev–Trinajstić information content (AvgIpc) is 2.86. The third-order valence-electron chi connectivity index (χ3n) is 5.94. The van der Waals surface area contributed by atoms with Gasteiger partial charge in [0, 0.05) is 31.7 Å². The maximum absolute atomic E-state index is 12.1. The highest BCUT2D eigenvalue weighted by Crippen LogP contribution is 2.20. The number of nitrogens with zero attached hydrogens (tertiary/aromatic N) is 1. The monoisotopic (exact) mass is 481 g/mol. The lowest BCUT2D eigenvalue weighted by Crippen LogP contribution is -2.47. The molecule has 2 aromatic rings. The van der Waals surface area contributed by atoms with Gasteiger partial charge < -0.3 is 26.4 Å². The second-order valence-corrected chi connectivity index (χ2v) is 8.71. The number of carboxylic acid groups (broad SMARTS) is 1. The number of benzene rings is 1. The molecule has 3 amide bonds. The quantitative estimate of drug-likeness (QED) is 0.280. The fraction of sp³-hybridized carbons (Fsp3) is 0.462. The number of carbonyl (C=O) groups excluding carboxylic acids is 2. The van der Waals surface area contributed by atoms with Crippen LogP contribution in [0.2, 0.25) is 0 Å². The molecular formula is C26H35N5O4. The fourth-order valence-electron chi connectivity index (χ4n) is 3.98. The maximum Gasteiger partial charge on any atom is 0.326 e. The molecule has 3 rings (SSSR count). The Hall–Kier alpha value is -3.62. The van der Waals surface area contributed by atoms with E-state index in [1.807, 2.05) is 30.3 Å². The molecule has 9 nitrogen and oxygen atoms in total. The highest BCUT2D eigenvalue weighted by molar-refractivity contribution is 5.82. The Kier molecular flexibility index (Phi) is 10.3. The van der Waals surface area contributed by atoms with Crippen molar-refractivity contribution in [1.29, 1.82) is 0 Å². The van der Waals surface area contributed by atoms with Crippen LogP contribution in [0.3, 0.4) is 0 Å². The second-order valence-electron chi connectivity index (χ2n) is 8.71. The van der Waals surface area contributed by atoms with Crippen molar-refractivity contribution in [1.82, 2.24) is 20.9 Å². The Morgan fingerprint density at radius 2 is 1.83 bits per heavy atom. The van der Waals surface area contributed by atoms with Crippen molar-refractivity contribution < 1.29 is 19.5 Å². The maximum atomic E-state index is 12.1. The number of aryl methyl sites for hydroxylation is 2. The number of pyridine rings is 1.